The number of nitrogens with one attached hydrogen (secondary N) is 1. The van der Waals surface area contributed by atoms with E-state index in [1.807, 2.05) is 6.92 Å². The van der Waals surface area contributed by atoms with Crippen LogP contribution in [0.3, 0.4) is 0 Å². The predicted molar refractivity (Wildman–Crippen MR) is 86.7 cm³/mol. The molecule has 1 aromatic carbocycles. The highest BCUT2D eigenvalue weighted by Crippen LogP contribution is 2.50. The number of nitrogens with zero attached hydrogens (tertiary/aromatic N) is 1. The highest BCUT2D eigenvalue weighted by molar-refractivity contribution is 7.87. The van der Waals surface area contributed by atoms with Gasteiger partial charge in [-0.25, -0.2) is 0 Å². The van der Waals surface area contributed by atoms with Gasteiger partial charge in [-0.15, -0.1) is 0 Å². The van der Waals surface area contributed by atoms with Gasteiger partial charge in [-0.2, -0.15) is 17.4 Å². The second kappa shape index (κ2) is 5.05. The molecule has 3 aliphatic rings. The first-order valence-corrected chi connectivity index (χ1v) is 9.85. The summed E-state index contributed by atoms with van der Waals surface area (Å²) < 4.78 is 29.9. The van der Waals surface area contributed by atoms with Crippen molar-refractivity contribution in [3.05, 3.63) is 35.4 Å². The van der Waals surface area contributed by atoms with Crippen molar-refractivity contribution in [3.8, 4) is 0 Å². The Bertz CT molecular complexity index is 653. The van der Waals surface area contributed by atoms with Crippen LogP contribution in [0.4, 0.5) is 0 Å². The van der Waals surface area contributed by atoms with Gasteiger partial charge < -0.3 is 0 Å². The molecule has 120 valence electrons. The Kier molecular flexibility index (Phi) is 3.36. The van der Waals surface area contributed by atoms with Gasteiger partial charge in [-0.3, -0.25) is 0 Å². The van der Waals surface area contributed by atoms with E-state index in [2.05, 4.69) is 29.0 Å². The van der Waals surface area contributed by atoms with Gasteiger partial charge in [-0.05, 0) is 55.1 Å². The summed E-state index contributed by atoms with van der Waals surface area (Å²) in [5.41, 5.74) is 2.59. The Labute approximate surface area is 133 Å². The minimum absolute atomic E-state index is 0.243. The van der Waals surface area contributed by atoms with Gasteiger partial charge in [0, 0.05) is 13.1 Å². The van der Waals surface area contributed by atoms with Gasteiger partial charge in [0.1, 0.15) is 0 Å². The lowest BCUT2D eigenvalue weighted by atomic mass is 9.79. The summed E-state index contributed by atoms with van der Waals surface area (Å²) in [5, 5.41) is 0. The SMILES string of the molecule is CCCN1CC2(NS1(=O)=O)[C@H]1CC[C@H]2Cc2ccccc2C1. The Morgan fingerprint density at radius 3 is 2.32 bits per heavy atom. The molecule has 2 aliphatic carbocycles. The summed E-state index contributed by atoms with van der Waals surface area (Å²) in [7, 11) is -3.30. The van der Waals surface area contributed by atoms with E-state index >= 15 is 0 Å². The summed E-state index contributed by atoms with van der Waals surface area (Å²) in [6.07, 6.45) is 5.17. The third-order valence-corrected chi connectivity index (χ3v) is 7.57. The van der Waals surface area contributed by atoms with Crippen molar-refractivity contribution in [3.63, 3.8) is 0 Å². The van der Waals surface area contributed by atoms with Crippen molar-refractivity contribution in [2.75, 3.05) is 13.1 Å². The van der Waals surface area contributed by atoms with Crippen LogP contribution in [0.5, 0.6) is 0 Å². The lowest BCUT2D eigenvalue weighted by molar-refractivity contribution is 0.213. The highest BCUT2D eigenvalue weighted by atomic mass is 32.2. The lowest BCUT2D eigenvalue weighted by Gasteiger charge is -2.33. The molecular formula is C17H24N2O2S. The third-order valence-electron chi connectivity index (χ3n) is 5.94. The van der Waals surface area contributed by atoms with Gasteiger partial charge in [0.15, 0.2) is 0 Å². The molecule has 1 N–H and O–H groups in total. The normalized spacial score (nSPS) is 36.4. The van der Waals surface area contributed by atoms with Crippen LogP contribution in [-0.2, 0) is 23.1 Å². The summed E-state index contributed by atoms with van der Waals surface area (Å²) >= 11 is 0. The van der Waals surface area contributed by atoms with Crippen molar-refractivity contribution in [2.24, 2.45) is 11.8 Å². The summed E-state index contributed by atoms with van der Waals surface area (Å²) in [6.45, 7) is 3.33. The zero-order valence-electron chi connectivity index (χ0n) is 13.1. The zero-order valence-corrected chi connectivity index (χ0v) is 13.9. The van der Waals surface area contributed by atoms with E-state index in [0.717, 1.165) is 32.1 Å². The van der Waals surface area contributed by atoms with Gasteiger partial charge in [-0.1, -0.05) is 31.2 Å². The number of hydrogen-bond acceptors (Lipinski definition) is 2. The van der Waals surface area contributed by atoms with E-state index in [1.165, 1.54) is 11.1 Å². The molecular weight excluding hydrogens is 296 g/mol. The molecule has 0 unspecified atom stereocenters. The van der Waals surface area contributed by atoms with E-state index in [4.69, 9.17) is 0 Å². The van der Waals surface area contributed by atoms with Crippen molar-refractivity contribution in [1.29, 1.82) is 0 Å². The van der Waals surface area contributed by atoms with Crippen LogP contribution in [0.15, 0.2) is 24.3 Å². The molecule has 5 heteroatoms. The quantitative estimate of drug-likeness (QED) is 0.907. The maximum absolute atomic E-state index is 12.5. The molecule has 1 heterocycles. The molecule has 2 fully saturated rings. The molecule has 1 aliphatic heterocycles. The molecule has 0 amide bonds. The fourth-order valence-corrected chi connectivity index (χ4v) is 6.71. The molecule has 22 heavy (non-hydrogen) atoms. The van der Waals surface area contributed by atoms with E-state index in [1.54, 1.807) is 4.31 Å². The summed E-state index contributed by atoms with van der Waals surface area (Å²) in [6, 6.07) is 8.65. The molecule has 1 saturated heterocycles. The molecule has 2 bridgehead atoms. The maximum atomic E-state index is 12.5. The second-order valence-electron chi connectivity index (χ2n) is 7.13. The molecule has 0 radical (unpaired) electrons. The highest BCUT2D eigenvalue weighted by Gasteiger charge is 2.58. The first kappa shape index (κ1) is 14.7. The van der Waals surface area contributed by atoms with Crippen LogP contribution in [0.1, 0.15) is 37.3 Å². The minimum atomic E-state index is -3.30. The average Bonchev–Trinajstić information content (AvgIpc) is 2.85. The summed E-state index contributed by atoms with van der Waals surface area (Å²) in [5.74, 6) is 0.857. The van der Waals surface area contributed by atoms with Crippen molar-refractivity contribution in [1.82, 2.24) is 9.03 Å². The number of benzene rings is 1. The first-order chi connectivity index (χ1) is 10.5. The summed E-state index contributed by atoms with van der Waals surface area (Å²) in [4.78, 5) is 0. The van der Waals surface area contributed by atoms with Gasteiger partial charge >= 0.3 is 0 Å². The van der Waals surface area contributed by atoms with Crippen LogP contribution in [0, 0.1) is 11.8 Å². The number of fused-ring (bicyclic) bond motifs is 1. The number of hydrogen-bond donors (Lipinski definition) is 1. The van der Waals surface area contributed by atoms with E-state index in [-0.39, 0.29) is 5.54 Å². The van der Waals surface area contributed by atoms with Crippen LogP contribution < -0.4 is 4.72 Å². The molecule has 1 saturated carbocycles. The largest absolute Gasteiger partial charge is 0.280 e. The van der Waals surface area contributed by atoms with E-state index in [9.17, 15) is 8.42 Å². The standard InChI is InChI=1S/C17H24N2O2S/c1-2-9-19-12-17(18-22(19,20)21)15-7-8-16(17)11-14-6-4-3-5-13(14)10-15/h3-6,15-16,18H,2,7-12H2,1H3/t15-,16-/m0/s1. The van der Waals surface area contributed by atoms with Crippen LogP contribution in [0.2, 0.25) is 0 Å². The molecule has 2 atom stereocenters. The van der Waals surface area contributed by atoms with Gasteiger partial charge in [0.25, 0.3) is 10.2 Å². The Hall–Kier alpha value is -0.910. The lowest BCUT2D eigenvalue weighted by Crippen LogP contribution is -2.52. The number of rotatable bonds is 2. The predicted octanol–water partition coefficient (Wildman–Crippen LogP) is 2.11. The molecule has 1 spiro atoms. The smallest absolute Gasteiger partial charge is 0.195 e. The Balaban J connectivity index is 1.73. The zero-order chi connectivity index (χ0) is 15.4. The van der Waals surface area contributed by atoms with E-state index in [0.29, 0.717) is 24.9 Å². The topological polar surface area (TPSA) is 49.4 Å². The van der Waals surface area contributed by atoms with Crippen LogP contribution in [-0.4, -0.2) is 31.4 Å². The average molecular weight is 320 g/mol. The molecule has 0 aromatic heterocycles. The Morgan fingerprint density at radius 1 is 1.18 bits per heavy atom. The fourth-order valence-electron chi connectivity index (χ4n) is 4.89. The van der Waals surface area contributed by atoms with Crippen molar-refractivity contribution in [2.45, 2.75) is 44.6 Å². The maximum Gasteiger partial charge on any atom is 0.280 e. The minimum Gasteiger partial charge on any atom is -0.195 e. The van der Waals surface area contributed by atoms with Crippen LogP contribution >= 0.6 is 0 Å². The molecule has 4 rings (SSSR count). The Morgan fingerprint density at radius 2 is 1.77 bits per heavy atom. The molecule has 1 aromatic rings. The first-order valence-electron chi connectivity index (χ1n) is 8.41. The van der Waals surface area contributed by atoms with E-state index < -0.39 is 10.2 Å². The molecule has 4 nitrogen and oxygen atoms in total. The second-order valence-corrected chi connectivity index (χ2v) is 8.80. The fraction of sp³-hybridized carbons (Fsp3) is 0.647. The van der Waals surface area contributed by atoms with Gasteiger partial charge in [0.05, 0.1) is 5.54 Å². The third kappa shape index (κ3) is 2.06. The van der Waals surface area contributed by atoms with Crippen LogP contribution in [0.25, 0.3) is 0 Å². The van der Waals surface area contributed by atoms with Crippen molar-refractivity contribution < 1.29 is 8.42 Å². The van der Waals surface area contributed by atoms with Gasteiger partial charge in [0.2, 0.25) is 0 Å². The van der Waals surface area contributed by atoms with Crippen molar-refractivity contribution >= 4 is 10.2 Å². The monoisotopic (exact) mass is 320 g/mol.